The highest BCUT2D eigenvalue weighted by Gasteiger charge is 2.31. The van der Waals surface area contributed by atoms with Crippen LogP contribution in [0.5, 0.6) is 5.75 Å². The van der Waals surface area contributed by atoms with Crippen molar-refractivity contribution in [2.75, 3.05) is 6.54 Å². The van der Waals surface area contributed by atoms with Gasteiger partial charge in [0.1, 0.15) is 5.75 Å². The van der Waals surface area contributed by atoms with E-state index < -0.39 is 6.36 Å². The molecule has 7 heteroatoms. The van der Waals surface area contributed by atoms with E-state index in [-0.39, 0.29) is 5.75 Å². The fourth-order valence-corrected chi connectivity index (χ4v) is 3.38. The molecule has 4 nitrogen and oxygen atoms in total. The number of pyridine rings is 2. The Balaban J connectivity index is 1.48. The van der Waals surface area contributed by atoms with E-state index in [2.05, 4.69) is 31.7 Å². The van der Waals surface area contributed by atoms with Gasteiger partial charge in [0, 0.05) is 43.3 Å². The number of aryl methyl sites for hydroxylation is 1. The summed E-state index contributed by atoms with van der Waals surface area (Å²) >= 11 is 0. The summed E-state index contributed by atoms with van der Waals surface area (Å²) in [5.74, 6) is -0.200. The highest BCUT2D eigenvalue weighted by atomic mass is 19.4. The first-order valence-electron chi connectivity index (χ1n) is 8.68. The maximum atomic E-state index is 12.3. The molecule has 0 N–H and O–H groups in total. The molecule has 0 saturated carbocycles. The minimum absolute atomic E-state index is 0.200. The maximum Gasteiger partial charge on any atom is 0.573 e. The normalized spacial score (nSPS) is 15.0. The lowest BCUT2D eigenvalue weighted by Gasteiger charge is -2.28. The summed E-state index contributed by atoms with van der Waals surface area (Å²) < 4.78 is 40.7. The second-order valence-electron chi connectivity index (χ2n) is 6.81. The van der Waals surface area contributed by atoms with Crippen LogP contribution < -0.4 is 4.74 Å². The molecule has 2 aromatic heterocycles. The van der Waals surface area contributed by atoms with Crippen molar-refractivity contribution in [2.24, 2.45) is 0 Å². The van der Waals surface area contributed by atoms with Crippen molar-refractivity contribution in [3.8, 4) is 5.75 Å². The van der Waals surface area contributed by atoms with Gasteiger partial charge in [-0.15, -0.1) is 13.2 Å². The average Bonchev–Trinajstić information content (AvgIpc) is 2.60. The summed E-state index contributed by atoms with van der Waals surface area (Å²) in [7, 11) is 0. The smallest absolute Gasteiger partial charge is 0.406 e. The lowest BCUT2D eigenvalue weighted by Crippen LogP contribution is -2.30. The van der Waals surface area contributed by atoms with Crippen LogP contribution in [0.3, 0.4) is 0 Å². The molecule has 0 saturated heterocycles. The van der Waals surface area contributed by atoms with Gasteiger partial charge >= 0.3 is 6.36 Å². The molecule has 0 amide bonds. The van der Waals surface area contributed by atoms with Crippen LogP contribution in [0.1, 0.15) is 22.4 Å². The van der Waals surface area contributed by atoms with Crippen molar-refractivity contribution in [3.63, 3.8) is 0 Å². The van der Waals surface area contributed by atoms with E-state index in [1.54, 1.807) is 12.1 Å². The van der Waals surface area contributed by atoms with Crippen LogP contribution in [-0.4, -0.2) is 27.8 Å². The number of halogens is 3. The summed E-state index contributed by atoms with van der Waals surface area (Å²) in [4.78, 5) is 11.3. The van der Waals surface area contributed by atoms with Crippen molar-refractivity contribution >= 4 is 11.0 Å². The number of aromatic nitrogens is 2. The lowest BCUT2D eigenvalue weighted by molar-refractivity contribution is -0.274. The molecule has 0 unspecified atom stereocenters. The summed E-state index contributed by atoms with van der Waals surface area (Å²) in [6, 6.07) is 10.3. The molecule has 0 fully saturated rings. The second-order valence-corrected chi connectivity index (χ2v) is 6.81. The molecular weight excluding hydrogens is 355 g/mol. The topological polar surface area (TPSA) is 38.2 Å². The molecule has 0 spiro atoms. The van der Waals surface area contributed by atoms with Gasteiger partial charge in [-0.2, -0.15) is 0 Å². The van der Waals surface area contributed by atoms with Crippen molar-refractivity contribution < 1.29 is 17.9 Å². The number of benzene rings is 1. The molecule has 3 heterocycles. The van der Waals surface area contributed by atoms with E-state index in [4.69, 9.17) is 0 Å². The third-order valence-electron chi connectivity index (χ3n) is 4.60. The van der Waals surface area contributed by atoms with Crippen molar-refractivity contribution in [3.05, 3.63) is 65.0 Å². The van der Waals surface area contributed by atoms with Crippen LogP contribution in [0, 0.1) is 6.92 Å². The predicted molar refractivity (Wildman–Crippen MR) is 95.2 cm³/mol. The fourth-order valence-electron chi connectivity index (χ4n) is 3.38. The molecular formula is C20H18F3N3O. The highest BCUT2D eigenvalue weighted by Crippen LogP contribution is 2.25. The number of fused-ring (bicyclic) bond motifs is 2. The standard InChI is InChI=1S/C20H18F3N3O/c1-13-8-15-9-16-12-26(7-6-18(16)25-19(15)24-10-13)11-14-2-4-17(5-3-14)27-20(21,22)23/h2-5,8-10H,6-7,11-12H2,1H3. The van der Waals surface area contributed by atoms with E-state index in [1.807, 2.05) is 13.1 Å². The van der Waals surface area contributed by atoms with Crippen molar-refractivity contribution in [1.82, 2.24) is 14.9 Å². The number of hydrogen-bond donors (Lipinski definition) is 0. The average molecular weight is 373 g/mol. The number of alkyl halides is 3. The molecule has 27 heavy (non-hydrogen) atoms. The Morgan fingerprint density at radius 2 is 1.93 bits per heavy atom. The molecule has 1 aliphatic heterocycles. The number of rotatable bonds is 3. The zero-order chi connectivity index (χ0) is 19.0. The van der Waals surface area contributed by atoms with Gasteiger partial charge in [0.15, 0.2) is 5.65 Å². The van der Waals surface area contributed by atoms with Crippen LogP contribution >= 0.6 is 0 Å². The summed E-state index contributed by atoms with van der Waals surface area (Å²) in [5.41, 5.74) is 5.06. The summed E-state index contributed by atoms with van der Waals surface area (Å²) in [6.45, 7) is 4.27. The molecule has 1 aromatic carbocycles. The Morgan fingerprint density at radius 1 is 1.15 bits per heavy atom. The zero-order valence-corrected chi connectivity index (χ0v) is 14.8. The predicted octanol–water partition coefficient (Wildman–Crippen LogP) is 4.40. The summed E-state index contributed by atoms with van der Waals surface area (Å²) in [5, 5.41) is 1.03. The molecule has 0 radical (unpaired) electrons. The first-order chi connectivity index (χ1) is 12.9. The van der Waals surface area contributed by atoms with Crippen LogP contribution in [0.15, 0.2) is 42.6 Å². The van der Waals surface area contributed by atoms with E-state index >= 15 is 0 Å². The van der Waals surface area contributed by atoms with E-state index in [0.29, 0.717) is 6.54 Å². The van der Waals surface area contributed by atoms with Crippen molar-refractivity contribution in [1.29, 1.82) is 0 Å². The third-order valence-corrected chi connectivity index (χ3v) is 4.60. The van der Waals surface area contributed by atoms with Crippen LogP contribution in [0.2, 0.25) is 0 Å². The van der Waals surface area contributed by atoms with Crippen LogP contribution in [0.4, 0.5) is 13.2 Å². The SMILES string of the molecule is Cc1cnc2nc3c(cc2c1)CN(Cc1ccc(OC(F)(F)F)cc1)CC3. The second kappa shape index (κ2) is 6.81. The van der Waals surface area contributed by atoms with Gasteiger partial charge in [-0.25, -0.2) is 9.97 Å². The molecule has 0 aliphatic carbocycles. The molecule has 3 aromatic rings. The Morgan fingerprint density at radius 3 is 2.67 bits per heavy atom. The van der Waals surface area contributed by atoms with E-state index in [0.717, 1.165) is 47.4 Å². The molecule has 4 rings (SSSR count). The largest absolute Gasteiger partial charge is 0.573 e. The zero-order valence-electron chi connectivity index (χ0n) is 14.8. The first-order valence-corrected chi connectivity index (χ1v) is 8.68. The Hall–Kier alpha value is -2.67. The van der Waals surface area contributed by atoms with Gasteiger partial charge in [-0.1, -0.05) is 12.1 Å². The van der Waals surface area contributed by atoms with Crippen molar-refractivity contribution in [2.45, 2.75) is 32.8 Å². The van der Waals surface area contributed by atoms with Gasteiger partial charge in [-0.05, 0) is 47.9 Å². The van der Waals surface area contributed by atoms with Crippen LogP contribution in [0.25, 0.3) is 11.0 Å². The Bertz CT molecular complexity index is 971. The molecule has 1 aliphatic rings. The van der Waals surface area contributed by atoms with Crippen LogP contribution in [-0.2, 0) is 19.5 Å². The number of nitrogens with zero attached hydrogens (tertiary/aromatic N) is 3. The minimum atomic E-state index is -4.67. The number of hydrogen-bond acceptors (Lipinski definition) is 4. The van der Waals surface area contributed by atoms with Gasteiger partial charge < -0.3 is 4.74 Å². The van der Waals surface area contributed by atoms with E-state index in [9.17, 15) is 13.2 Å². The Kier molecular flexibility index (Phi) is 4.47. The van der Waals surface area contributed by atoms with Gasteiger partial charge in [0.05, 0.1) is 0 Å². The van der Waals surface area contributed by atoms with Gasteiger partial charge in [-0.3, -0.25) is 4.90 Å². The third kappa shape index (κ3) is 4.19. The number of ether oxygens (including phenoxy) is 1. The minimum Gasteiger partial charge on any atom is -0.406 e. The Labute approximate surface area is 154 Å². The van der Waals surface area contributed by atoms with Gasteiger partial charge in [0.2, 0.25) is 0 Å². The maximum absolute atomic E-state index is 12.3. The lowest BCUT2D eigenvalue weighted by atomic mass is 10.0. The molecule has 0 atom stereocenters. The quantitative estimate of drug-likeness (QED) is 0.682. The first kappa shape index (κ1) is 17.7. The van der Waals surface area contributed by atoms with Gasteiger partial charge in [0.25, 0.3) is 0 Å². The van der Waals surface area contributed by atoms with E-state index in [1.165, 1.54) is 17.7 Å². The highest BCUT2D eigenvalue weighted by molar-refractivity contribution is 5.76. The molecule has 140 valence electrons. The molecule has 0 bridgehead atoms. The fraction of sp³-hybridized carbons (Fsp3) is 0.300. The summed E-state index contributed by atoms with van der Waals surface area (Å²) in [6.07, 6.45) is -2.01. The monoisotopic (exact) mass is 373 g/mol.